The number of hydrogen-bond donors (Lipinski definition) is 0. The number of hydrogen-bond acceptors (Lipinski definition) is 1. The van der Waals surface area contributed by atoms with E-state index in [2.05, 4.69) is 0 Å². The third kappa shape index (κ3) is 8.87. The van der Waals surface area contributed by atoms with Crippen LogP contribution in [0.2, 0.25) is 0 Å². The van der Waals surface area contributed by atoms with E-state index < -0.39 is 0 Å². The van der Waals surface area contributed by atoms with Crippen molar-refractivity contribution in [1.29, 1.82) is 5.26 Å². The van der Waals surface area contributed by atoms with Gasteiger partial charge in [0.2, 0.25) is 0 Å². The van der Waals surface area contributed by atoms with Crippen LogP contribution in [0.1, 0.15) is 19.8 Å². The summed E-state index contributed by atoms with van der Waals surface area (Å²) in [5, 5.41) is 7.82. The second-order valence-corrected chi connectivity index (χ2v) is 0.908. The van der Waals surface area contributed by atoms with Crippen LogP contribution in [0.15, 0.2) is 0 Å². The Morgan fingerprint density at radius 2 is 2.17 bits per heavy atom. The molecule has 0 amide bonds. The summed E-state index contributed by atoms with van der Waals surface area (Å²) in [6.45, 7) is 1.99. The van der Waals surface area contributed by atoms with Gasteiger partial charge in [-0.2, -0.15) is 5.26 Å². The first-order valence-corrected chi connectivity index (χ1v) is 1.78. The maximum atomic E-state index is 7.82. The number of unbranched alkanes of at least 4 members (excludes halogenated alkanes) is 1. The van der Waals surface area contributed by atoms with Crippen LogP contribution in [0.5, 0.6) is 0 Å². The van der Waals surface area contributed by atoms with Gasteiger partial charge in [-0.25, -0.2) is 0 Å². The minimum Gasteiger partial charge on any atom is -0.198 e. The smallest absolute Gasteiger partial charge is 0.0621 e. The fourth-order valence-electron chi connectivity index (χ4n) is 0.112. The zero-order chi connectivity index (χ0) is 4.12. The van der Waals surface area contributed by atoms with E-state index >= 15 is 0 Å². The minimum absolute atomic E-state index is 0. The molecular weight excluding hydrogens is 170 g/mol. The van der Waals surface area contributed by atoms with Gasteiger partial charge in [0.25, 0.3) is 0 Å². The molecule has 0 heterocycles. The van der Waals surface area contributed by atoms with E-state index in [4.69, 9.17) is 5.26 Å². The van der Waals surface area contributed by atoms with Gasteiger partial charge in [0.1, 0.15) is 0 Å². The van der Waals surface area contributed by atoms with Gasteiger partial charge in [-0.15, -0.1) is 0 Å². The summed E-state index contributed by atoms with van der Waals surface area (Å²) in [6, 6.07) is 2.02. The predicted octanol–water partition coefficient (Wildman–Crippen LogP) is 1.31. The average Bonchev–Trinajstić information content (AvgIpc) is 1.41. The maximum absolute atomic E-state index is 7.82. The molecule has 0 N–H and O–H groups in total. The molecule has 0 saturated heterocycles. The molecule has 1 nitrogen and oxygen atoms in total. The van der Waals surface area contributed by atoms with Gasteiger partial charge in [-0.3, -0.25) is 0 Å². The molecule has 0 spiro atoms. The van der Waals surface area contributed by atoms with Crippen LogP contribution in [-0.2, 0) is 22.4 Å². The second kappa shape index (κ2) is 8.97. The molecule has 0 aromatic rings. The molecule has 0 aliphatic carbocycles. The largest absolute Gasteiger partial charge is 0.198 e. The number of nitriles is 1. The van der Waals surface area contributed by atoms with Gasteiger partial charge in [-0.1, -0.05) is 6.92 Å². The van der Waals surface area contributed by atoms with Gasteiger partial charge in [-0.05, 0) is 6.42 Å². The standard InChI is InChI=1S/C4H7N.Ag/c1-2-3-4-5;/h2-3H2,1H3;. The SMILES string of the molecule is CCCC#N.[Ag]. The number of nitrogens with zero attached hydrogens (tertiary/aromatic N) is 1. The molecule has 0 aromatic carbocycles. The van der Waals surface area contributed by atoms with E-state index in [1.54, 1.807) is 0 Å². The molecule has 0 rings (SSSR count). The second-order valence-electron chi connectivity index (χ2n) is 0.908. The molecule has 0 bridgehead atoms. The molecule has 39 valence electrons. The molecule has 0 aliphatic rings. The molecular formula is C4H7AgN. The summed E-state index contributed by atoms with van der Waals surface area (Å²) in [6.07, 6.45) is 1.68. The first-order valence-electron chi connectivity index (χ1n) is 1.78. The normalized spacial score (nSPS) is 5.33. The Bertz CT molecular complexity index is 46.0. The monoisotopic (exact) mass is 176 g/mol. The molecule has 0 atom stereocenters. The Labute approximate surface area is 53.9 Å². The Kier molecular flexibility index (Phi) is 14.2. The summed E-state index contributed by atoms with van der Waals surface area (Å²) >= 11 is 0. The average molecular weight is 177 g/mol. The topological polar surface area (TPSA) is 23.8 Å². The Balaban J connectivity index is 0. The van der Waals surface area contributed by atoms with Crippen LogP contribution in [-0.4, -0.2) is 0 Å². The maximum Gasteiger partial charge on any atom is 0.0621 e. The minimum atomic E-state index is 0. The van der Waals surface area contributed by atoms with Crippen molar-refractivity contribution in [3.05, 3.63) is 0 Å². The summed E-state index contributed by atoms with van der Waals surface area (Å²) in [7, 11) is 0. The Hall–Kier alpha value is 0.230. The van der Waals surface area contributed by atoms with Gasteiger partial charge in [0.05, 0.1) is 6.07 Å². The third-order valence-electron chi connectivity index (χ3n) is 0.362. The van der Waals surface area contributed by atoms with Crippen LogP contribution < -0.4 is 0 Å². The van der Waals surface area contributed by atoms with Crippen LogP contribution >= 0.6 is 0 Å². The van der Waals surface area contributed by atoms with Crippen LogP contribution in [0.4, 0.5) is 0 Å². The van der Waals surface area contributed by atoms with E-state index in [0.29, 0.717) is 6.42 Å². The molecule has 6 heavy (non-hydrogen) atoms. The fourth-order valence-corrected chi connectivity index (χ4v) is 0.112. The summed E-state index contributed by atoms with van der Waals surface area (Å²) in [5.41, 5.74) is 0. The van der Waals surface area contributed by atoms with Crippen molar-refractivity contribution in [3.8, 4) is 6.07 Å². The van der Waals surface area contributed by atoms with Crippen molar-refractivity contribution in [2.45, 2.75) is 19.8 Å². The molecule has 0 fully saturated rings. The zero-order valence-electron chi connectivity index (χ0n) is 3.66. The Morgan fingerprint density at radius 1 is 1.67 bits per heavy atom. The first kappa shape index (κ1) is 9.52. The molecule has 0 aliphatic heterocycles. The molecule has 0 saturated carbocycles. The van der Waals surface area contributed by atoms with Crippen molar-refractivity contribution in [3.63, 3.8) is 0 Å². The summed E-state index contributed by atoms with van der Waals surface area (Å²) < 4.78 is 0. The molecule has 0 aromatic heterocycles. The van der Waals surface area contributed by atoms with E-state index in [9.17, 15) is 0 Å². The van der Waals surface area contributed by atoms with Crippen molar-refractivity contribution < 1.29 is 22.4 Å². The number of rotatable bonds is 1. The quantitative estimate of drug-likeness (QED) is 0.554. The third-order valence-corrected chi connectivity index (χ3v) is 0.362. The van der Waals surface area contributed by atoms with Crippen molar-refractivity contribution in [2.24, 2.45) is 0 Å². The van der Waals surface area contributed by atoms with E-state index in [0.717, 1.165) is 6.42 Å². The summed E-state index contributed by atoms with van der Waals surface area (Å²) in [5.74, 6) is 0. The van der Waals surface area contributed by atoms with E-state index in [-0.39, 0.29) is 22.4 Å². The van der Waals surface area contributed by atoms with Crippen LogP contribution in [0.25, 0.3) is 0 Å². The first-order chi connectivity index (χ1) is 2.41. The van der Waals surface area contributed by atoms with Gasteiger partial charge < -0.3 is 0 Å². The molecule has 0 unspecified atom stereocenters. The zero-order valence-corrected chi connectivity index (χ0v) is 5.15. The van der Waals surface area contributed by atoms with Gasteiger partial charge in [0.15, 0.2) is 0 Å². The molecule has 2 heteroatoms. The van der Waals surface area contributed by atoms with Crippen LogP contribution in [0, 0.1) is 11.3 Å². The van der Waals surface area contributed by atoms with Gasteiger partial charge in [0, 0.05) is 28.8 Å². The van der Waals surface area contributed by atoms with E-state index in [1.165, 1.54) is 0 Å². The van der Waals surface area contributed by atoms with Crippen molar-refractivity contribution >= 4 is 0 Å². The van der Waals surface area contributed by atoms with Crippen molar-refractivity contribution in [1.82, 2.24) is 0 Å². The Morgan fingerprint density at radius 3 is 2.17 bits per heavy atom. The summed E-state index contributed by atoms with van der Waals surface area (Å²) in [4.78, 5) is 0. The van der Waals surface area contributed by atoms with Gasteiger partial charge >= 0.3 is 0 Å². The fraction of sp³-hybridized carbons (Fsp3) is 0.750. The molecule has 1 radical (unpaired) electrons. The van der Waals surface area contributed by atoms with E-state index in [1.807, 2.05) is 13.0 Å². The predicted molar refractivity (Wildman–Crippen MR) is 20.5 cm³/mol. The van der Waals surface area contributed by atoms with Crippen LogP contribution in [0.3, 0.4) is 0 Å². The van der Waals surface area contributed by atoms with Crippen molar-refractivity contribution in [2.75, 3.05) is 0 Å².